The molecule has 0 saturated heterocycles. The van der Waals surface area contributed by atoms with Crippen molar-refractivity contribution in [2.24, 2.45) is 0 Å². The largest absolute Gasteiger partial charge is 0.478 e. The van der Waals surface area contributed by atoms with E-state index in [4.69, 9.17) is 16.7 Å². The summed E-state index contributed by atoms with van der Waals surface area (Å²) in [5, 5.41) is 13.0. The molecule has 0 aliphatic carbocycles. The van der Waals surface area contributed by atoms with Gasteiger partial charge in [0.15, 0.2) is 0 Å². The van der Waals surface area contributed by atoms with E-state index in [1.54, 1.807) is 6.07 Å². The summed E-state index contributed by atoms with van der Waals surface area (Å²) in [7, 11) is 1.96. The van der Waals surface area contributed by atoms with Gasteiger partial charge in [0, 0.05) is 23.8 Å². The molecule has 0 unspecified atom stereocenters. The topological polar surface area (TPSA) is 65.5 Å². The van der Waals surface area contributed by atoms with Crippen molar-refractivity contribution in [1.82, 2.24) is 15.2 Å². The van der Waals surface area contributed by atoms with Crippen molar-refractivity contribution >= 4 is 29.0 Å². The zero-order valence-corrected chi connectivity index (χ0v) is 12.6. The van der Waals surface area contributed by atoms with E-state index in [1.807, 2.05) is 36.2 Å². The normalized spacial score (nSPS) is 14.2. The minimum Gasteiger partial charge on any atom is -0.478 e. The van der Waals surface area contributed by atoms with Gasteiger partial charge < -0.3 is 15.3 Å². The average Bonchev–Trinajstić information content (AvgIpc) is 2.89. The molecule has 6 heteroatoms. The average molecular weight is 316 g/mol. The summed E-state index contributed by atoms with van der Waals surface area (Å²) in [5.41, 5.74) is 3.50. The third kappa shape index (κ3) is 2.63. The maximum absolute atomic E-state index is 11.1. The van der Waals surface area contributed by atoms with Crippen molar-refractivity contribution in [3.8, 4) is 0 Å². The second-order valence-corrected chi connectivity index (χ2v) is 5.44. The molecule has 0 spiro atoms. The Balaban J connectivity index is 2.14. The van der Waals surface area contributed by atoms with Crippen LogP contribution in [0.2, 0.25) is 5.02 Å². The highest BCUT2D eigenvalue weighted by Gasteiger charge is 2.23. The van der Waals surface area contributed by atoms with E-state index in [2.05, 4.69) is 10.3 Å². The number of nitrogens with one attached hydrogen (secondary N) is 1. The molecule has 112 valence electrons. The maximum atomic E-state index is 11.1. The van der Waals surface area contributed by atoms with Crippen LogP contribution in [-0.2, 0) is 0 Å². The molecular formula is C16H14ClN3O2. The minimum atomic E-state index is -0.972. The number of aromatic nitrogens is 1. The first kappa shape index (κ1) is 14.4. The van der Waals surface area contributed by atoms with Crippen LogP contribution in [0.1, 0.15) is 21.6 Å². The van der Waals surface area contributed by atoms with Crippen LogP contribution in [0.15, 0.2) is 42.6 Å². The SMILES string of the molecule is CN1CNC(c2cc(C(=O)O)ccn2)=C1c1cccc(Cl)c1. The number of carboxylic acids is 1. The lowest BCUT2D eigenvalue weighted by Gasteiger charge is -2.15. The summed E-state index contributed by atoms with van der Waals surface area (Å²) in [4.78, 5) is 17.5. The number of hydrogen-bond donors (Lipinski definition) is 2. The first-order valence-corrected chi connectivity index (χ1v) is 7.09. The van der Waals surface area contributed by atoms with Crippen molar-refractivity contribution in [1.29, 1.82) is 0 Å². The van der Waals surface area contributed by atoms with Crippen LogP contribution in [0.3, 0.4) is 0 Å². The van der Waals surface area contributed by atoms with Crippen LogP contribution in [0.4, 0.5) is 0 Å². The first-order valence-electron chi connectivity index (χ1n) is 6.71. The van der Waals surface area contributed by atoms with Gasteiger partial charge in [-0.1, -0.05) is 23.7 Å². The monoisotopic (exact) mass is 315 g/mol. The van der Waals surface area contributed by atoms with Gasteiger partial charge in [0.25, 0.3) is 0 Å². The Bertz CT molecular complexity index is 773. The van der Waals surface area contributed by atoms with Crippen LogP contribution in [0.5, 0.6) is 0 Å². The lowest BCUT2D eigenvalue weighted by molar-refractivity contribution is 0.0696. The molecule has 5 nitrogen and oxygen atoms in total. The predicted molar refractivity (Wildman–Crippen MR) is 85.2 cm³/mol. The van der Waals surface area contributed by atoms with E-state index < -0.39 is 5.97 Å². The lowest BCUT2D eigenvalue weighted by Crippen LogP contribution is -2.18. The second kappa shape index (κ2) is 5.69. The summed E-state index contributed by atoms with van der Waals surface area (Å²) in [5.74, 6) is -0.972. The van der Waals surface area contributed by atoms with Gasteiger partial charge in [0.1, 0.15) is 0 Å². The fourth-order valence-electron chi connectivity index (χ4n) is 2.46. The minimum absolute atomic E-state index is 0.208. The first-order chi connectivity index (χ1) is 10.6. The van der Waals surface area contributed by atoms with Gasteiger partial charge in [-0.25, -0.2) is 4.79 Å². The molecule has 2 aromatic rings. The number of rotatable bonds is 3. The molecule has 1 aromatic carbocycles. The molecule has 22 heavy (non-hydrogen) atoms. The molecule has 0 fully saturated rings. The Morgan fingerprint density at radius 1 is 1.36 bits per heavy atom. The van der Waals surface area contributed by atoms with E-state index in [9.17, 15) is 4.79 Å². The van der Waals surface area contributed by atoms with Gasteiger partial charge in [0.2, 0.25) is 0 Å². The Kier molecular flexibility index (Phi) is 3.73. The lowest BCUT2D eigenvalue weighted by atomic mass is 10.1. The molecule has 0 saturated carbocycles. The fourth-order valence-corrected chi connectivity index (χ4v) is 2.65. The third-order valence-corrected chi connectivity index (χ3v) is 3.71. The Morgan fingerprint density at radius 3 is 2.91 bits per heavy atom. The van der Waals surface area contributed by atoms with E-state index >= 15 is 0 Å². The molecule has 3 rings (SSSR count). The van der Waals surface area contributed by atoms with Crippen LogP contribution >= 0.6 is 11.6 Å². The Labute approximate surface area is 132 Å². The molecule has 1 aliphatic rings. The molecule has 1 aromatic heterocycles. The molecule has 2 N–H and O–H groups in total. The number of nitrogens with zero attached hydrogens (tertiary/aromatic N) is 2. The summed E-state index contributed by atoms with van der Waals surface area (Å²) >= 11 is 6.08. The number of carbonyl (C=O) groups is 1. The van der Waals surface area contributed by atoms with E-state index in [1.165, 1.54) is 12.3 Å². The third-order valence-electron chi connectivity index (χ3n) is 3.47. The molecule has 1 aliphatic heterocycles. The number of hydrogen-bond acceptors (Lipinski definition) is 4. The van der Waals surface area contributed by atoms with Gasteiger partial charge in [-0.15, -0.1) is 0 Å². The number of aromatic carboxylic acids is 1. The number of benzene rings is 1. The smallest absolute Gasteiger partial charge is 0.335 e. The van der Waals surface area contributed by atoms with Gasteiger partial charge in [0.05, 0.1) is 29.3 Å². The molecule has 0 radical (unpaired) electrons. The van der Waals surface area contributed by atoms with E-state index in [0.717, 1.165) is 17.0 Å². The molecule has 0 atom stereocenters. The summed E-state index contributed by atoms with van der Waals surface area (Å²) < 4.78 is 0. The summed E-state index contributed by atoms with van der Waals surface area (Å²) in [6.07, 6.45) is 1.50. The molecule has 0 amide bonds. The summed E-state index contributed by atoms with van der Waals surface area (Å²) in [6, 6.07) is 10.6. The molecular weight excluding hydrogens is 302 g/mol. The number of carboxylic acid groups (broad SMARTS) is 1. The van der Waals surface area contributed by atoms with Gasteiger partial charge >= 0.3 is 5.97 Å². The van der Waals surface area contributed by atoms with Crippen molar-refractivity contribution in [3.05, 3.63) is 64.4 Å². The summed E-state index contributed by atoms with van der Waals surface area (Å²) in [6.45, 7) is 0.621. The van der Waals surface area contributed by atoms with Crippen LogP contribution in [0.25, 0.3) is 11.4 Å². The fraction of sp³-hybridized carbons (Fsp3) is 0.125. The van der Waals surface area contributed by atoms with E-state index in [0.29, 0.717) is 17.4 Å². The second-order valence-electron chi connectivity index (χ2n) is 5.00. The Morgan fingerprint density at radius 2 is 2.18 bits per heavy atom. The Hall–Kier alpha value is -2.53. The number of halogens is 1. The molecule has 2 heterocycles. The standard InChI is InChI=1S/C16H14ClN3O2/c1-20-9-19-14(13-8-11(16(21)22)5-6-18-13)15(20)10-3-2-4-12(17)7-10/h2-8,19H,9H2,1H3,(H,21,22). The van der Waals surface area contributed by atoms with E-state index in [-0.39, 0.29) is 5.56 Å². The van der Waals surface area contributed by atoms with Crippen molar-refractivity contribution in [3.63, 3.8) is 0 Å². The maximum Gasteiger partial charge on any atom is 0.335 e. The van der Waals surface area contributed by atoms with Crippen molar-refractivity contribution < 1.29 is 9.90 Å². The number of pyridine rings is 1. The quantitative estimate of drug-likeness (QED) is 0.911. The van der Waals surface area contributed by atoms with Gasteiger partial charge in [-0.3, -0.25) is 4.98 Å². The van der Waals surface area contributed by atoms with Gasteiger partial charge in [-0.2, -0.15) is 0 Å². The van der Waals surface area contributed by atoms with Crippen LogP contribution in [0, 0.1) is 0 Å². The van der Waals surface area contributed by atoms with Gasteiger partial charge in [-0.05, 0) is 24.3 Å². The van der Waals surface area contributed by atoms with Crippen molar-refractivity contribution in [2.45, 2.75) is 0 Å². The zero-order valence-electron chi connectivity index (χ0n) is 11.9. The molecule has 0 bridgehead atoms. The van der Waals surface area contributed by atoms with Crippen LogP contribution < -0.4 is 5.32 Å². The van der Waals surface area contributed by atoms with Crippen molar-refractivity contribution in [2.75, 3.05) is 13.7 Å². The predicted octanol–water partition coefficient (Wildman–Crippen LogP) is 2.75. The zero-order chi connectivity index (χ0) is 15.7. The van der Waals surface area contributed by atoms with Crippen LogP contribution in [-0.4, -0.2) is 34.7 Å². The highest BCUT2D eigenvalue weighted by molar-refractivity contribution is 6.30. The highest BCUT2D eigenvalue weighted by atomic mass is 35.5. The highest BCUT2D eigenvalue weighted by Crippen LogP contribution is 2.31.